The minimum absolute atomic E-state index is 0.0112. The van der Waals surface area contributed by atoms with Crippen molar-refractivity contribution in [3.63, 3.8) is 0 Å². The molecule has 0 radical (unpaired) electrons. The topological polar surface area (TPSA) is 121 Å². The number of hydrogen-bond acceptors (Lipinski definition) is 6. The Morgan fingerprint density at radius 2 is 1.86 bits per heavy atom. The Labute approximate surface area is 168 Å². The number of rotatable bonds is 9. The zero-order chi connectivity index (χ0) is 21.4. The summed E-state index contributed by atoms with van der Waals surface area (Å²) in [5.74, 6) is -2.13. The summed E-state index contributed by atoms with van der Waals surface area (Å²) in [6.07, 6.45) is 2.95. The van der Waals surface area contributed by atoms with Crippen LogP contribution in [0.15, 0.2) is 52.8 Å². The molecule has 2 aromatic rings. The first-order chi connectivity index (χ1) is 13.8. The van der Waals surface area contributed by atoms with Crippen molar-refractivity contribution in [1.29, 1.82) is 0 Å². The molecule has 0 bridgehead atoms. The number of benzene rings is 1. The third-order valence-corrected chi connectivity index (χ3v) is 3.96. The van der Waals surface area contributed by atoms with Gasteiger partial charge in [0.15, 0.2) is 5.76 Å². The molecule has 1 atom stereocenters. The van der Waals surface area contributed by atoms with Gasteiger partial charge in [0.2, 0.25) is 0 Å². The number of carboxylic acid groups (broad SMARTS) is 1. The summed E-state index contributed by atoms with van der Waals surface area (Å²) in [6.45, 7) is 3.66. The maximum atomic E-state index is 12.7. The number of carboxylic acids is 1. The Kier molecular flexibility index (Phi) is 7.59. The monoisotopic (exact) mass is 399 g/mol. The molecule has 0 saturated heterocycles. The minimum atomic E-state index is -1.40. The number of furan rings is 1. The van der Waals surface area contributed by atoms with Gasteiger partial charge >= 0.3 is 0 Å². The van der Waals surface area contributed by atoms with Gasteiger partial charge in [-0.05, 0) is 48.2 Å². The van der Waals surface area contributed by atoms with Gasteiger partial charge in [-0.25, -0.2) is 0 Å². The highest BCUT2D eigenvalue weighted by Gasteiger charge is 2.21. The highest BCUT2D eigenvalue weighted by molar-refractivity contribution is 6.05. The van der Waals surface area contributed by atoms with Crippen LogP contribution in [0, 0.1) is 5.92 Å². The van der Waals surface area contributed by atoms with E-state index >= 15 is 0 Å². The summed E-state index contributed by atoms with van der Waals surface area (Å²) in [4.78, 5) is 36.4. The van der Waals surface area contributed by atoms with Gasteiger partial charge < -0.3 is 29.7 Å². The Hall–Kier alpha value is -3.55. The SMILES string of the molecule is COc1ccc(/C=C(\NC(=O)c2ccco2)C(=O)N[C@H](CC(C)C)C(=O)[O-])cc1. The molecule has 8 heteroatoms. The van der Waals surface area contributed by atoms with Crippen LogP contribution in [0.2, 0.25) is 0 Å². The summed E-state index contributed by atoms with van der Waals surface area (Å²) in [5, 5.41) is 16.2. The van der Waals surface area contributed by atoms with Crippen LogP contribution >= 0.6 is 0 Å². The normalized spacial score (nSPS) is 12.3. The first-order valence-corrected chi connectivity index (χ1v) is 9.02. The fourth-order valence-electron chi connectivity index (χ4n) is 2.54. The minimum Gasteiger partial charge on any atom is -0.548 e. The molecule has 0 unspecified atom stereocenters. The summed E-state index contributed by atoms with van der Waals surface area (Å²) in [7, 11) is 1.53. The number of methoxy groups -OCH3 is 1. The smallest absolute Gasteiger partial charge is 0.291 e. The van der Waals surface area contributed by atoms with Gasteiger partial charge in [-0.15, -0.1) is 0 Å². The first kappa shape index (κ1) is 21.7. The lowest BCUT2D eigenvalue weighted by Crippen LogP contribution is -2.50. The third-order valence-electron chi connectivity index (χ3n) is 3.96. The van der Waals surface area contributed by atoms with Crippen molar-refractivity contribution < 1.29 is 28.6 Å². The zero-order valence-electron chi connectivity index (χ0n) is 16.4. The van der Waals surface area contributed by atoms with E-state index in [1.54, 1.807) is 24.3 Å². The summed E-state index contributed by atoms with van der Waals surface area (Å²) in [6, 6.07) is 8.56. The predicted octanol–water partition coefficient (Wildman–Crippen LogP) is 1.34. The van der Waals surface area contributed by atoms with E-state index in [-0.39, 0.29) is 23.8 Å². The Morgan fingerprint density at radius 3 is 2.38 bits per heavy atom. The lowest BCUT2D eigenvalue weighted by Gasteiger charge is -2.22. The van der Waals surface area contributed by atoms with Gasteiger partial charge in [0.25, 0.3) is 11.8 Å². The zero-order valence-corrected chi connectivity index (χ0v) is 16.4. The van der Waals surface area contributed by atoms with Crippen LogP contribution in [0.3, 0.4) is 0 Å². The average molecular weight is 399 g/mol. The van der Waals surface area contributed by atoms with Crippen LogP contribution in [-0.2, 0) is 9.59 Å². The largest absolute Gasteiger partial charge is 0.548 e. The van der Waals surface area contributed by atoms with E-state index in [1.807, 2.05) is 13.8 Å². The standard InChI is InChI=1S/C21H24N2O6/c1-13(2)11-17(21(26)27)23-19(24)16(22-20(25)18-5-4-10-29-18)12-14-6-8-15(28-3)9-7-14/h4-10,12-13,17H,11H2,1-3H3,(H,22,25)(H,23,24)(H,26,27)/p-1/b16-12-/t17-/m1/s1. The number of carbonyl (C=O) groups excluding carboxylic acids is 3. The molecule has 29 heavy (non-hydrogen) atoms. The molecule has 8 nitrogen and oxygen atoms in total. The molecule has 2 rings (SSSR count). The number of ether oxygens (including phenoxy) is 1. The average Bonchev–Trinajstić information content (AvgIpc) is 3.22. The molecule has 2 N–H and O–H groups in total. The van der Waals surface area contributed by atoms with Gasteiger partial charge in [0.1, 0.15) is 11.4 Å². The molecule has 0 aliphatic heterocycles. The van der Waals surface area contributed by atoms with E-state index in [4.69, 9.17) is 9.15 Å². The Bertz CT molecular complexity index is 869. The lowest BCUT2D eigenvalue weighted by molar-refractivity contribution is -0.308. The molecule has 0 spiro atoms. The van der Waals surface area contributed by atoms with E-state index in [2.05, 4.69) is 10.6 Å². The Morgan fingerprint density at radius 1 is 1.17 bits per heavy atom. The van der Waals surface area contributed by atoms with Crippen LogP contribution in [0.1, 0.15) is 36.4 Å². The van der Waals surface area contributed by atoms with Crippen molar-refractivity contribution in [2.75, 3.05) is 7.11 Å². The van der Waals surface area contributed by atoms with Crippen LogP contribution in [0.5, 0.6) is 5.75 Å². The van der Waals surface area contributed by atoms with Crippen molar-refractivity contribution >= 4 is 23.9 Å². The van der Waals surface area contributed by atoms with Gasteiger partial charge in [0, 0.05) is 0 Å². The third kappa shape index (κ3) is 6.53. The number of amides is 2. The van der Waals surface area contributed by atoms with Gasteiger partial charge in [-0.2, -0.15) is 0 Å². The maximum Gasteiger partial charge on any atom is 0.291 e. The van der Waals surface area contributed by atoms with Gasteiger partial charge in [-0.3, -0.25) is 9.59 Å². The molecule has 154 valence electrons. The molecular weight excluding hydrogens is 376 g/mol. The van der Waals surface area contributed by atoms with Crippen molar-refractivity contribution in [3.8, 4) is 5.75 Å². The van der Waals surface area contributed by atoms with E-state index < -0.39 is 23.8 Å². The van der Waals surface area contributed by atoms with Crippen molar-refractivity contribution in [2.45, 2.75) is 26.3 Å². The molecule has 0 saturated carbocycles. The van der Waals surface area contributed by atoms with E-state index in [0.717, 1.165) is 0 Å². The van der Waals surface area contributed by atoms with Crippen LogP contribution in [0.4, 0.5) is 0 Å². The van der Waals surface area contributed by atoms with Crippen molar-refractivity contribution in [2.24, 2.45) is 5.92 Å². The van der Waals surface area contributed by atoms with Crippen molar-refractivity contribution in [1.82, 2.24) is 10.6 Å². The lowest BCUT2D eigenvalue weighted by atomic mass is 10.0. The Balaban J connectivity index is 2.28. The van der Waals surface area contributed by atoms with Crippen molar-refractivity contribution in [3.05, 3.63) is 59.7 Å². The van der Waals surface area contributed by atoms with Gasteiger partial charge in [-0.1, -0.05) is 26.0 Å². The highest BCUT2D eigenvalue weighted by atomic mass is 16.5. The fraction of sp³-hybridized carbons (Fsp3) is 0.286. The second-order valence-electron chi connectivity index (χ2n) is 6.74. The van der Waals surface area contributed by atoms with Gasteiger partial charge in [0.05, 0.1) is 25.4 Å². The first-order valence-electron chi connectivity index (χ1n) is 9.02. The predicted molar refractivity (Wildman–Crippen MR) is 104 cm³/mol. The number of nitrogens with one attached hydrogen (secondary N) is 2. The summed E-state index contributed by atoms with van der Waals surface area (Å²) < 4.78 is 10.1. The summed E-state index contributed by atoms with van der Waals surface area (Å²) >= 11 is 0. The second-order valence-corrected chi connectivity index (χ2v) is 6.74. The molecule has 1 aromatic heterocycles. The fourth-order valence-corrected chi connectivity index (χ4v) is 2.54. The van der Waals surface area contributed by atoms with E-state index in [9.17, 15) is 19.5 Å². The second kappa shape index (κ2) is 10.1. The molecule has 0 aliphatic carbocycles. The summed E-state index contributed by atoms with van der Waals surface area (Å²) in [5.41, 5.74) is 0.469. The highest BCUT2D eigenvalue weighted by Crippen LogP contribution is 2.14. The molecular formula is C21H23N2O6-. The number of carbonyl (C=O) groups is 3. The quantitative estimate of drug-likeness (QED) is 0.614. The van der Waals surface area contributed by atoms with Crippen LogP contribution in [-0.4, -0.2) is 30.9 Å². The molecule has 1 aromatic carbocycles. The number of hydrogen-bond donors (Lipinski definition) is 2. The molecule has 0 fully saturated rings. The molecule has 1 heterocycles. The maximum absolute atomic E-state index is 12.7. The van der Waals surface area contributed by atoms with Crippen LogP contribution in [0.25, 0.3) is 6.08 Å². The molecule has 0 aliphatic rings. The van der Waals surface area contributed by atoms with Crippen LogP contribution < -0.4 is 20.5 Å². The number of aliphatic carboxylic acids is 1. The van der Waals surface area contributed by atoms with E-state index in [0.29, 0.717) is 11.3 Å². The molecule has 2 amide bonds. The van der Waals surface area contributed by atoms with E-state index in [1.165, 1.54) is 31.6 Å².